The Kier molecular flexibility index (Phi) is 4.83. The molecule has 0 amide bonds. The van der Waals surface area contributed by atoms with Crippen LogP contribution in [0.4, 0.5) is 4.39 Å². The van der Waals surface area contributed by atoms with Crippen molar-refractivity contribution in [2.75, 3.05) is 0 Å². The molecule has 0 spiro atoms. The largest absolute Gasteiger partial charge is 0.478 e. The molecule has 0 unspecified atom stereocenters. The summed E-state index contributed by atoms with van der Waals surface area (Å²) in [6, 6.07) is 9.87. The summed E-state index contributed by atoms with van der Waals surface area (Å²) in [6.45, 7) is 1.93. The molecule has 0 fully saturated rings. The topological polar surface area (TPSA) is 37.3 Å². The first-order chi connectivity index (χ1) is 9.47. The molecular weight excluding hydrogens is 343 g/mol. The summed E-state index contributed by atoms with van der Waals surface area (Å²) in [6.07, 6.45) is 0. The molecular formula is C15H12BrFO2S. The van der Waals surface area contributed by atoms with Gasteiger partial charge in [-0.3, -0.25) is 0 Å². The van der Waals surface area contributed by atoms with Crippen LogP contribution >= 0.6 is 27.7 Å². The van der Waals surface area contributed by atoms with E-state index in [0.717, 1.165) is 16.0 Å². The highest BCUT2D eigenvalue weighted by molar-refractivity contribution is 9.10. The average molecular weight is 355 g/mol. The lowest BCUT2D eigenvalue weighted by molar-refractivity contribution is 0.0695. The summed E-state index contributed by atoms with van der Waals surface area (Å²) in [5.74, 6) is -0.626. The molecule has 104 valence electrons. The molecule has 1 N–H and O–H groups in total. The zero-order valence-corrected chi connectivity index (χ0v) is 13.1. The molecule has 0 aliphatic rings. The van der Waals surface area contributed by atoms with Crippen LogP contribution in [-0.4, -0.2) is 11.1 Å². The van der Waals surface area contributed by atoms with Crippen LogP contribution < -0.4 is 0 Å². The van der Waals surface area contributed by atoms with Crippen LogP contribution in [0, 0.1) is 12.7 Å². The van der Waals surface area contributed by atoms with E-state index < -0.39 is 5.97 Å². The number of hydrogen-bond acceptors (Lipinski definition) is 2. The number of benzene rings is 2. The predicted molar refractivity (Wildman–Crippen MR) is 81.8 cm³/mol. The van der Waals surface area contributed by atoms with Gasteiger partial charge in [-0.2, -0.15) is 0 Å². The minimum atomic E-state index is -0.971. The zero-order chi connectivity index (χ0) is 14.7. The van der Waals surface area contributed by atoms with Gasteiger partial charge in [0.15, 0.2) is 0 Å². The fourth-order valence-corrected chi connectivity index (χ4v) is 3.13. The lowest BCUT2D eigenvalue weighted by Crippen LogP contribution is -1.97. The second-order valence-corrected chi connectivity index (χ2v) is 6.21. The Morgan fingerprint density at radius 2 is 2.05 bits per heavy atom. The monoisotopic (exact) mass is 354 g/mol. The molecule has 0 heterocycles. The van der Waals surface area contributed by atoms with Gasteiger partial charge in [0, 0.05) is 15.1 Å². The molecule has 0 saturated heterocycles. The predicted octanol–water partition coefficient (Wildman–Crippen LogP) is 4.89. The van der Waals surface area contributed by atoms with Crippen molar-refractivity contribution in [1.82, 2.24) is 0 Å². The number of carboxylic acid groups (broad SMARTS) is 1. The van der Waals surface area contributed by atoms with E-state index in [0.29, 0.717) is 10.2 Å². The number of rotatable bonds is 4. The van der Waals surface area contributed by atoms with Gasteiger partial charge < -0.3 is 5.11 Å². The maximum atomic E-state index is 13.2. The zero-order valence-electron chi connectivity index (χ0n) is 10.7. The van der Waals surface area contributed by atoms with Gasteiger partial charge in [-0.25, -0.2) is 9.18 Å². The Balaban J connectivity index is 2.17. The summed E-state index contributed by atoms with van der Waals surface area (Å²) in [5, 5.41) is 9.07. The van der Waals surface area contributed by atoms with E-state index >= 15 is 0 Å². The highest BCUT2D eigenvalue weighted by atomic mass is 79.9. The van der Waals surface area contributed by atoms with E-state index in [1.807, 2.05) is 13.0 Å². The highest BCUT2D eigenvalue weighted by Crippen LogP contribution is 2.28. The number of thioether (sulfide) groups is 1. The third-order valence-electron chi connectivity index (χ3n) is 2.87. The molecule has 2 aromatic rings. The molecule has 0 bridgehead atoms. The molecule has 2 aromatic carbocycles. The number of aryl methyl sites for hydroxylation is 1. The molecule has 0 saturated carbocycles. The van der Waals surface area contributed by atoms with E-state index in [2.05, 4.69) is 15.9 Å². The van der Waals surface area contributed by atoms with E-state index in [9.17, 15) is 9.18 Å². The van der Waals surface area contributed by atoms with Crippen molar-refractivity contribution in [3.8, 4) is 0 Å². The smallest absolute Gasteiger partial charge is 0.336 e. The van der Waals surface area contributed by atoms with Crippen LogP contribution in [0.3, 0.4) is 0 Å². The minimum Gasteiger partial charge on any atom is -0.478 e. The lowest BCUT2D eigenvalue weighted by atomic mass is 10.1. The fraction of sp³-hybridized carbons (Fsp3) is 0.133. The van der Waals surface area contributed by atoms with Crippen LogP contribution in [0.5, 0.6) is 0 Å². The maximum absolute atomic E-state index is 13.2. The third kappa shape index (κ3) is 3.61. The van der Waals surface area contributed by atoms with Gasteiger partial charge in [0.1, 0.15) is 5.82 Å². The summed E-state index contributed by atoms with van der Waals surface area (Å²) in [5.41, 5.74) is 2.16. The summed E-state index contributed by atoms with van der Waals surface area (Å²) >= 11 is 4.69. The number of halogens is 2. The van der Waals surface area contributed by atoms with Crippen molar-refractivity contribution in [3.63, 3.8) is 0 Å². The van der Waals surface area contributed by atoms with Gasteiger partial charge in [0.05, 0.1) is 5.56 Å². The summed E-state index contributed by atoms with van der Waals surface area (Å²) in [7, 11) is 0. The Bertz CT molecular complexity index is 658. The Morgan fingerprint density at radius 1 is 1.30 bits per heavy atom. The quantitative estimate of drug-likeness (QED) is 0.794. The van der Waals surface area contributed by atoms with Gasteiger partial charge in [-0.1, -0.05) is 6.07 Å². The first kappa shape index (κ1) is 15.1. The molecule has 0 aromatic heterocycles. The Labute approximate surface area is 129 Å². The van der Waals surface area contributed by atoms with Crippen LogP contribution in [0.2, 0.25) is 0 Å². The number of carbonyl (C=O) groups is 1. The standard InChI is InChI=1S/C15H12BrFO2S/c1-9-2-3-11(17)6-10(9)8-20-12-4-5-14(16)13(7-12)15(18)19/h2-7H,8H2,1H3,(H,18,19). The van der Waals surface area contributed by atoms with Crippen molar-refractivity contribution < 1.29 is 14.3 Å². The first-order valence-corrected chi connectivity index (χ1v) is 7.66. The van der Waals surface area contributed by atoms with Crippen molar-refractivity contribution in [3.05, 3.63) is 63.4 Å². The molecule has 2 nitrogen and oxygen atoms in total. The van der Waals surface area contributed by atoms with E-state index in [4.69, 9.17) is 5.11 Å². The normalized spacial score (nSPS) is 10.6. The fourth-order valence-electron chi connectivity index (χ4n) is 1.71. The van der Waals surface area contributed by atoms with Gasteiger partial charge in [-0.05, 0) is 64.3 Å². The van der Waals surface area contributed by atoms with Crippen LogP contribution in [-0.2, 0) is 5.75 Å². The minimum absolute atomic E-state index is 0.228. The van der Waals surface area contributed by atoms with E-state index in [1.165, 1.54) is 23.9 Å². The molecule has 0 radical (unpaired) electrons. The molecule has 2 rings (SSSR count). The van der Waals surface area contributed by atoms with E-state index in [1.54, 1.807) is 18.2 Å². The van der Waals surface area contributed by atoms with Crippen LogP contribution in [0.25, 0.3) is 0 Å². The third-order valence-corrected chi connectivity index (χ3v) is 4.61. The lowest BCUT2D eigenvalue weighted by Gasteiger charge is -2.07. The number of carboxylic acids is 1. The van der Waals surface area contributed by atoms with Crippen LogP contribution in [0.15, 0.2) is 45.8 Å². The van der Waals surface area contributed by atoms with Crippen LogP contribution in [0.1, 0.15) is 21.5 Å². The SMILES string of the molecule is Cc1ccc(F)cc1CSc1ccc(Br)c(C(=O)O)c1. The Morgan fingerprint density at radius 3 is 2.75 bits per heavy atom. The van der Waals surface area contributed by atoms with Gasteiger partial charge in [-0.15, -0.1) is 11.8 Å². The van der Waals surface area contributed by atoms with Gasteiger partial charge in [0.25, 0.3) is 0 Å². The van der Waals surface area contributed by atoms with Crippen molar-refractivity contribution in [2.24, 2.45) is 0 Å². The second-order valence-electron chi connectivity index (χ2n) is 4.31. The maximum Gasteiger partial charge on any atom is 0.336 e. The average Bonchev–Trinajstić information content (AvgIpc) is 2.41. The van der Waals surface area contributed by atoms with Gasteiger partial charge in [0.2, 0.25) is 0 Å². The first-order valence-electron chi connectivity index (χ1n) is 5.88. The Hall–Kier alpha value is -1.33. The van der Waals surface area contributed by atoms with E-state index in [-0.39, 0.29) is 11.4 Å². The molecule has 20 heavy (non-hydrogen) atoms. The molecule has 0 aliphatic heterocycles. The molecule has 0 aliphatic carbocycles. The number of hydrogen-bond donors (Lipinski definition) is 1. The van der Waals surface area contributed by atoms with Crippen molar-refractivity contribution in [2.45, 2.75) is 17.6 Å². The summed E-state index contributed by atoms with van der Waals surface area (Å²) in [4.78, 5) is 11.9. The highest BCUT2D eigenvalue weighted by Gasteiger charge is 2.10. The molecule has 0 atom stereocenters. The summed E-state index contributed by atoms with van der Waals surface area (Å²) < 4.78 is 13.8. The molecule has 5 heteroatoms. The van der Waals surface area contributed by atoms with Crippen molar-refractivity contribution in [1.29, 1.82) is 0 Å². The second kappa shape index (κ2) is 6.41. The number of aromatic carboxylic acids is 1. The van der Waals surface area contributed by atoms with Gasteiger partial charge >= 0.3 is 5.97 Å². The van der Waals surface area contributed by atoms with Crippen molar-refractivity contribution >= 4 is 33.7 Å².